The zero-order valence-corrected chi connectivity index (χ0v) is 10.7. The molecule has 0 aliphatic rings. The van der Waals surface area contributed by atoms with Gasteiger partial charge in [0.25, 0.3) is 0 Å². The predicted octanol–water partition coefficient (Wildman–Crippen LogP) is 1.77. The number of para-hydroxylation sites is 1. The molecule has 0 aliphatic heterocycles. The van der Waals surface area contributed by atoms with E-state index in [1.807, 2.05) is 0 Å². The van der Waals surface area contributed by atoms with E-state index in [4.69, 9.17) is 14.6 Å². The third-order valence-electron chi connectivity index (χ3n) is 2.41. The second-order valence-corrected chi connectivity index (χ2v) is 3.77. The Hall–Kier alpha value is -2.15. The number of benzene rings is 1. The molecule has 0 spiro atoms. The van der Waals surface area contributed by atoms with E-state index in [2.05, 4.69) is 0 Å². The standard InChI is InChI=1S/C12H15NO6/c1-3-18-10(12(14)15)7-19-11-8(2)5-4-6-9(11)13(16)17/h4-6,10H,3,7H2,1-2H3,(H,14,15). The maximum atomic E-state index is 10.9. The first-order chi connectivity index (χ1) is 8.97. The lowest BCUT2D eigenvalue weighted by atomic mass is 10.2. The molecule has 0 aliphatic carbocycles. The molecule has 0 fully saturated rings. The lowest BCUT2D eigenvalue weighted by Gasteiger charge is -2.14. The van der Waals surface area contributed by atoms with Crippen LogP contribution in [0.25, 0.3) is 0 Å². The number of carboxylic acids is 1. The Morgan fingerprint density at radius 3 is 2.74 bits per heavy atom. The molecule has 1 aromatic carbocycles. The second-order valence-electron chi connectivity index (χ2n) is 3.77. The van der Waals surface area contributed by atoms with Crippen molar-refractivity contribution in [2.45, 2.75) is 20.0 Å². The van der Waals surface area contributed by atoms with Crippen LogP contribution in [0.15, 0.2) is 18.2 Å². The van der Waals surface area contributed by atoms with Crippen LogP contribution in [0.3, 0.4) is 0 Å². The summed E-state index contributed by atoms with van der Waals surface area (Å²) in [6.45, 7) is 3.25. The molecular formula is C12H15NO6. The average Bonchev–Trinajstić information content (AvgIpc) is 2.34. The van der Waals surface area contributed by atoms with Gasteiger partial charge in [0.05, 0.1) is 4.92 Å². The van der Waals surface area contributed by atoms with Gasteiger partial charge in [0.2, 0.25) is 0 Å². The Morgan fingerprint density at radius 1 is 1.53 bits per heavy atom. The summed E-state index contributed by atoms with van der Waals surface area (Å²) >= 11 is 0. The first-order valence-corrected chi connectivity index (χ1v) is 5.68. The average molecular weight is 269 g/mol. The predicted molar refractivity (Wildman–Crippen MR) is 66.4 cm³/mol. The van der Waals surface area contributed by atoms with Gasteiger partial charge in [-0.2, -0.15) is 0 Å². The van der Waals surface area contributed by atoms with Crippen molar-refractivity contribution in [2.24, 2.45) is 0 Å². The van der Waals surface area contributed by atoms with Crippen molar-refractivity contribution < 1.29 is 24.3 Å². The molecule has 1 rings (SSSR count). The molecule has 7 nitrogen and oxygen atoms in total. The topological polar surface area (TPSA) is 98.9 Å². The summed E-state index contributed by atoms with van der Waals surface area (Å²) in [5.74, 6) is -1.10. The number of aryl methyl sites for hydroxylation is 1. The molecule has 1 N–H and O–H groups in total. The van der Waals surface area contributed by atoms with Crippen LogP contribution in [0.1, 0.15) is 12.5 Å². The van der Waals surface area contributed by atoms with E-state index in [9.17, 15) is 14.9 Å². The van der Waals surface area contributed by atoms with Gasteiger partial charge in [0, 0.05) is 12.7 Å². The van der Waals surface area contributed by atoms with E-state index in [1.165, 1.54) is 12.1 Å². The molecule has 0 bridgehead atoms. The lowest BCUT2D eigenvalue weighted by Crippen LogP contribution is -2.30. The summed E-state index contributed by atoms with van der Waals surface area (Å²) in [6, 6.07) is 4.50. The molecule has 0 radical (unpaired) electrons. The summed E-state index contributed by atoms with van der Waals surface area (Å²) in [5.41, 5.74) is 0.371. The summed E-state index contributed by atoms with van der Waals surface area (Å²) in [4.78, 5) is 21.2. The van der Waals surface area contributed by atoms with E-state index < -0.39 is 17.0 Å². The van der Waals surface area contributed by atoms with E-state index in [0.717, 1.165) is 0 Å². The van der Waals surface area contributed by atoms with Crippen LogP contribution in [0, 0.1) is 17.0 Å². The molecule has 19 heavy (non-hydrogen) atoms. The number of aliphatic carboxylic acids is 1. The minimum Gasteiger partial charge on any atom is -0.483 e. The molecule has 1 atom stereocenters. The maximum Gasteiger partial charge on any atom is 0.336 e. The van der Waals surface area contributed by atoms with Gasteiger partial charge in [0.15, 0.2) is 11.9 Å². The van der Waals surface area contributed by atoms with Gasteiger partial charge in [-0.25, -0.2) is 4.79 Å². The van der Waals surface area contributed by atoms with Crippen LogP contribution >= 0.6 is 0 Å². The van der Waals surface area contributed by atoms with E-state index in [1.54, 1.807) is 19.9 Å². The number of nitro benzene ring substituents is 1. The summed E-state index contributed by atoms with van der Waals surface area (Å²) in [6.07, 6.45) is -1.15. The highest BCUT2D eigenvalue weighted by atomic mass is 16.6. The monoisotopic (exact) mass is 269 g/mol. The third kappa shape index (κ3) is 3.92. The molecule has 0 saturated heterocycles. The van der Waals surface area contributed by atoms with Gasteiger partial charge < -0.3 is 14.6 Å². The van der Waals surface area contributed by atoms with Crippen LogP contribution < -0.4 is 4.74 Å². The molecule has 104 valence electrons. The second kappa shape index (κ2) is 6.69. The number of carbonyl (C=O) groups is 1. The number of ether oxygens (including phenoxy) is 2. The Kier molecular flexibility index (Phi) is 5.25. The molecule has 0 heterocycles. The van der Waals surface area contributed by atoms with Gasteiger partial charge in [-0.1, -0.05) is 12.1 Å². The smallest absolute Gasteiger partial charge is 0.336 e. The van der Waals surface area contributed by atoms with Crippen LogP contribution in [0.2, 0.25) is 0 Å². The van der Waals surface area contributed by atoms with Crippen molar-refractivity contribution in [1.29, 1.82) is 0 Å². The van der Waals surface area contributed by atoms with Crippen LogP contribution in [-0.2, 0) is 9.53 Å². The van der Waals surface area contributed by atoms with Gasteiger partial charge in [-0.05, 0) is 19.4 Å². The molecule has 1 unspecified atom stereocenters. The summed E-state index contributed by atoms with van der Waals surface area (Å²) < 4.78 is 10.2. The van der Waals surface area contributed by atoms with Gasteiger partial charge in [-0.15, -0.1) is 0 Å². The summed E-state index contributed by atoms with van der Waals surface area (Å²) in [5, 5.41) is 19.7. The van der Waals surface area contributed by atoms with Crippen molar-refractivity contribution >= 4 is 11.7 Å². The number of nitro groups is 1. The molecule has 1 aromatic rings. The first-order valence-electron chi connectivity index (χ1n) is 5.68. The van der Waals surface area contributed by atoms with Crippen molar-refractivity contribution in [1.82, 2.24) is 0 Å². The number of hydrogen-bond donors (Lipinski definition) is 1. The fourth-order valence-corrected chi connectivity index (χ4v) is 1.52. The zero-order valence-electron chi connectivity index (χ0n) is 10.7. The number of hydrogen-bond acceptors (Lipinski definition) is 5. The van der Waals surface area contributed by atoms with Gasteiger partial charge in [0.1, 0.15) is 6.61 Å². The molecule has 7 heteroatoms. The zero-order chi connectivity index (χ0) is 14.4. The maximum absolute atomic E-state index is 10.9. The Labute approximate surface area is 109 Å². The molecular weight excluding hydrogens is 254 g/mol. The van der Waals surface area contributed by atoms with Crippen molar-refractivity contribution in [2.75, 3.05) is 13.2 Å². The highest BCUT2D eigenvalue weighted by Gasteiger charge is 2.22. The highest BCUT2D eigenvalue weighted by molar-refractivity contribution is 5.72. The first kappa shape index (κ1) is 14.9. The normalized spacial score (nSPS) is 11.9. The minimum absolute atomic E-state index is 0.0680. The fourth-order valence-electron chi connectivity index (χ4n) is 1.52. The SMILES string of the molecule is CCOC(COc1c(C)cccc1[N+](=O)[O-])C(=O)O. The largest absolute Gasteiger partial charge is 0.483 e. The lowest BCUT2D eigenvalue weighted by molar-refractivity contribution is -0.386. The Balaban J connectivity index is 2.87. The van der Waals surface area contributed by atoms with Crippen LogP contribution in [0.4, 0.5) is 5.69 Å². The fraction of sp³-hybridized carbons (Fsp3) is 0.417. The Bertz CT molecular complexity index is 473. The molecule has 0 saturated carbocycles. The third-order valence-corrected chi connectivity index (χ3v) is 2.41. The summed E-state index contributed by atoms with van der Waals surface area (Å²) in [7, 11) is 0. The van der Waals surface area contributed by atoms with Crippen molar-refractivity contribution in [3.63, 3.8) is 0 Å². The number of rotatable bonds is 7. The Morgan fingerprint density at radius 2 is 2.21 bits per heavy atom. The van der Waals surface area contributed by atoms with Gasteiger partial charge >= 0.3 is 11.7 Å². The number of nitrogens with zero attached hydrogens (tertiary/aromatic N) is 1. The van der Waals surface area contributed by atoms with Gasteiger partial charge in [-0.3, -0.25) is 10.1 Å². The van der Waals surface area contributed by atoms with E-state index in [-0.39, 0.29) is 24.7 Å². The van der Waals surface area contributed by atoms with Crippen LogP contribution in [0.5, 0.6) is 5.75 Å². The number of carboxylic acid groups (broad SMARTS) is 1. The van der Waals surface area contributed by atoms with E-state index >= 15 is 0 Å². The minimum atomic E-state index is -1.17. The van der Waals surface area contributed by atoms with E-state index in [0.29, 0.717) is 5.56 Å². The van der Waals surface area contributed by atoms with Crippen LogP contribution in [-0.4, -0.2) is 35.3 Å². The van der Waals surface area contributed by atoms with Crippen molar-refractivity contribution in [3.05, 3.63) is 33.9 Å². The van der Waals surface area contributed by atoms with Crippen molar-refractivity contribution in [3.8, 4) is 5.75 Å². The quantitative estimate of drug-likeness (QED) is 0.598. The molecule has 0 amide bonds. The highest BCUT2D eigenvalue weighted by Crippen LogP contribution is 2.30. The molecule has 0 aromatic heterocycles.